The second-order valence-corrected chi connectivity index (χ2v) is 8.42. The lowest BCUT2D eigenvalue weighted by Crippen LogP contribution is -2.29. The van der Waals surface area contributed by atoms with Gasteiger partial charge in [-0.2, -0.15) is 0 Å². The van der Waals surface area contributed by atoms with Crippen LogP contribution in [0.3, 0.4) is 0 Å². The first-order valence-electron chi connectivity index (χ1n) is 9.18. The van der Waals surface area contributed by atoms with Crippen LogP contribution in [-0.4, -0.2) is 30.2 Å². The molecule has 1 aliphatic heterocycles. The van der Waals surface area contributed by atoms with Gasteiger partial charge in [-0.15, -0.1) is 0 Å². The highest BCUT2D eigenvalue weighted by Crippen LogP contribution is 2.42. The summed E-state index contributed by atoms with van der Waals surface area (Å²) in [6.07, 6.45) is 2.93. The first-order valence-corrected chi connectivity index (χ1v) is 10.7. The smallest absolute Gasteiger partial charge is 0.300 e. The number of nitrogens with two attached hydrogens (primary N) is 1. The van der Waals surface area contributed by atoms with Crippen molar-refractivity contribution >= 4 is 33.2 Å². The maximum absolute atomic E-state index is 13.0. The van der Waals surface area contributed by atoms with Crippen molar-refractivity contribution in [3.63, 3.8) is 0 Å². The van der Waals surface area contributed by atoms with Crippen LogP contribution in [0.1, 0.15) is 17.2 Å². The molecule has 2 aromatic carbocycles. The highest BCUT2D eigenvalue weighted by Gasteiger charge is 2.46. The summed E-state index contributed by atoms with van der Waals surface area (Å²) in [4.78, 5) is 31.0. The number of nitrogens with zero attached hydrogens (tertiary/aromatic N) is 2. The number of sulfonamides is 1. The van der Waals surface area contributed by atoms with Crippen LogP contribution in [0.4, 0.5) is 5.69 Å². The molecule has 31 heavy (non-hydrogen) atoms. The van der Waals surface area contributed by atoms with Crippen LogP contribution in [-0.2, 0) is 19.6 Å². The van der Waals surface area contributed by atoms with Crippen molar-refractivity contribution in [3.8, 4) is 0 Å². The zero-order chi connectivity index (χ0) is 22.2. The Labute approximate surface area is 178 Å². The van der Waals surface area contributed by atoms with Crippen molar-refractivity contribution in [1.82, 2.24) is 4.98 Å². The van der Waals surface area contributed by atoms with E-state index in [1.807, 2.05) is 0 Å². The average molecular weight is 435 g/mol. The fourth-order valence-corrected chi connectivity index (χ4v) is 4.03. The summed E-state index contributed by atoms with van der Waals surface area (Å²) in [7, 11) is -3.92. The molecule has 2 heterocycles. The molecule has 3 N–H and O–H groups in total. The number of carbonyl (C=O) groups excluding carboxylic acids is 2. The van der Waals surface area contributed by atoms with E-state index in [9.17, 15) is 23.1 Å². The minimum Gasteiger partial charge on any atom is -0.507 e. The number of anilines is 1. The van der Waals surface area contributed by atoms with E-state index < -0.39 is 27.8 Å². The summed E-state index contributed by atoms with van der Waals surface area (Å²) >= 11 is 0. The number of aromatic nitrogens is 1. The van der Waals surface area contributed by atoms with E-state index in [0.29, 0.717) is 11.1 Å². The lowest BCUT2D eigenvalue weighted by molar-refractivity contribution is -0.132. The predicted molar refractivity (Wildman–Crippen MR) is 113 cm³/mol. The minimum atomic E-state index is -3.92. The number of aliphatic hydroxyl groups is 1. The highest BCUT2D eigenvalue weighted by molar-refractivity contribution is 7.89. The quantitative estimate of drug-likeness (QED) is 0.367. The molecule has 0 spiro atoms. The first kappa shape index (κ1) is 20.5. The van der Waals surface area contributed by atoms with E-state index in [-0.39, 0.29) is 21.9 Å². The average Bonchev–Trinajstić information content (AvgIpc) is 3.04. The largest absolute Gasteiger partial charge is 0.507 e. The third-order valence-corrected chi connectivity index (χ3v) is 5.89. The summed E-state index contributed by atoms with van der Waals surface area (Å²) in [6, 6.07) is 16.2. The number of rotatable bonds is 4. The molecule has 1 saturated heterocycles. The Morgan fingerprint density at radius 1 is 0.935 bits per heavy atom. The van der Waals surface area contributed by atoms with E-state index in [1.54, 1.807) is 30.3 Å². The third-order valence-electron chi connectivity index (χ3n) is 4.96. The Morgan fingerprint density at radius 2 is 1.55 bits per heavy atom. The van der Waals surface area contributed by atoms with E-state index in [0.717, 1.165) is 0 Å². The van der Waals surface area contributed by atoms with Crippen LogP contribution in [0.25, 0.3) is 5.76 Å². The molecule has 1 amide bonds. The molecule has 0 aliphatic carbocycles. The number of primary sulfonamides is 1. The van der Waals surface area contributed by atoms with Gasteiger partial charge in [0.05, 0.1) is 16.5 Å². The molecule has 1 atom stereocenters. The Balaban J connectivity index is 1.91. The fraction of sp³-hybridized carbons (Fsp3) is 0.0455. The number of ketones is 1. The van der Waals surface area contributed by atoms with Crippen molar-refractivity contribution in [2.24, 2.45) is 5.14 Å². The van der Waals surface area contributed by atoms with Gasteiger partial charge in [0.1, 0.15) is 5.76 Å². The molecule has 4 rings (SSSR count). The zero-order valence-corrected chi connectivity index (χ0v) is 16.9. The Hall–Kier alpha value is -3.82. The van der Waals surface area contributed by atoms with Crippen molar-refractivity contribution in [2.45, 2.75) is 10.9 Å². The molecular formula is C22H17N3O5S. The molecule has 3 aromatic rings. The van der Waals surface area contributed by atoms with Gasteiger partial charge in [-0.05, 0) is 42.0 Å². The molecule has 0 saturated carbocycles. The SMILES string of the molecule is NS(=O)(=O)c1ccc(N2C(=O)C(=O)/C(=C(/O)c3ccncc3)C2c2ccccc2)cc1. The lowest BCUT2D eigenvalue weighted by Gasteiger charge is -2.25. The molecule has 8 nitrogen and oxygen atoms in total. The van der Waals surface area contributed by atoms with Crippen molar-refractivity contribution < 1.29 is 23.1 Å². The van der Waals surface area contributed by atoms with Crippen molar-refractivity contribution in [3.05, 3.63) is 95.8 Å². The molecule has 1 unspecified atom stereocenters. The second-order valence-electron chi connectivity index (χ2n) is 6.85. The van der Waals surface area contributed by atoms with Crippen LogP contribution in [0, 0.1) is 0 Å². The van der Waals surface area contributed by atoms with Crippen LogP contribution in [0.15, 0.2) is 89.6 Å². The summed E-state index contributed by atoms with van der Waals surface area (Å²) in [6.45, 7) is 0. The van der Waals surface area contributed by atoms with E-state index in [4.69, 9.17) is 5.14 Å². The Kier molecular flexibility index (Phi) is 5.14. The van der Waals surface area contributed by atoms with Gasteiger partial charge in [-0.1, -0.05) is 30.3 Å². The summed E-state index contributed by atoms with van der Waals surface area (Å²) in [5.74, 6) is -2.01. The van der Waals surface area contributed by atoms with E-state index in [1.165, 1.54) is 53.7 Å². The molecule has 0 bridgehead atoms. The van der Waals surface area contributed by atoms with Crippen LogP contribution < -0.4 is 10.0 Å². The van der Waals surface area contributed by atoms with Crippen LogP contribution >= 0.6 is 0 Å². The van der Waals surface area contributed by atoms with Gasteiger partial charge in [-0.3, -0.25) is 19.5 Å². The minimum absolute atomic E-state index is 0.0714. The van der Waals surface area contributed by atoms with Gasteiger partial charge in [0.25, 0.3) is 11.7 Å². The Bertz CT molecular complexity index is 1290. The topological polar surface area (TPSA) is 131 Å². The van der Waals surface area contributed by atoms with Gasteiger partial charge < -0.3 is 5.11 Å². The molecule has 156 valence electrons. The molecule has 9 heteroatoms. The molecule has 1 fully saturated rings. The number of hydrogen-bond donors (Lipinski definition) is 2. The summed E-state index contributed by atoms with van der Waals surface area (Å²) < 4.78 is 23.1. The number of amides is 1. The zero-order valence-electron chi connectivity index (χ0n) is 16.0. The highest BCUT2D eigenvalue weighted by atomic mass is 32.2. The molecule has 1 aliphatic rings. The second kappa shape index (κ2) is 7.78. The summed E-state index contributed by atoms with van der Waals surface area (Å²) in [5.41, 5.74) is 1.17. The third kappa shape index (κ3) is 3.72. The maximum atomic E-state index is 13.0. The monoisotopic (exact) mass is 435 g/mol. The van der Waals surface area contributed by atoms with Gasteiger partial charge in [0, 0.05) is 23.6 Å². The summed E-state index contributed by atoms with van der Waals surface area (Å²) in [5, 5.41) is 16.1. The number of Topliss-reactive ketones (excluding diaryl/α,β-unsaturated/α-hetero) is 1. The van der Waals surface area contributed by atoms with Gasteiger partial charge >= 0.3 is 0 Å². The maximum Gasteiger partial charge on any atom is 0.300 e. The molecule has 1 aromatic heterocycles. The van der Waals surface area contributed by atoms with Crippen LogP contribution in [0.5, 0.6) is 0 Å². The van der Waals surface area contributed by atoms with Crippen LogP contribution in [0.2, 0.25) is 0 Å². The van der Waals surface area contributed by atoms with Gasteiger partial charge in [0.2, 0.25) is 10.0 Å². The normalized spacial score (nSPS) is 18.4. The molecule has 0 radical (unpaired) electrons. The number of aliphatic hydroxyl groups excluding tert-OH is 1. The number of carbonyl (C=O) groups is 2. The van der Waals surface area contributed by atoms with Crippen molar-refractivity contribution in [2.75, 3.05) is 4.90 Å². The van der Waals surface area contributed by atoms with Crippen molar-refractivity contribution in [1.29, 1.82) is 0 Å². The predicted octanol–water partition coefficient (Wildman–Crippen LogP) is 2.36. The Morgan fingerprint density at radius 3 is 2.13 bits per heavy atom. The first-order chi connectivity index (χ1) is 14.8. The number of hydrogen-bond acceptors (Lipinski definition) is 6. The van der Waals surface area contributed by atoms with Gasteiger partial charge in [0.15, 0.2) is 0 Å². The molecular weight excluding hydrogens is 418 g/mol. The standard InChI is InChI=1S/C22H17N3O5S/c23-31(29,30)17-8-6-16(7-9-17)25-19(14-4-2-1-3-5-14)18(21(27)22(25)28)20(26)15-10-12-24-13-11-15/h1-13,19,26H,(H2,23,29,30)/b20-18+. The number of benzene rings is 2. The van der Waals surface area contributed by atoms with Gasteiger partial charge in [-0.25, -0.2) is 13.6 Å². The lowest BCUT2D eigenvalue weighted by atomic mass is 9.95. The number of pyridine rings is 1. The van der Waals surface area contributed by atoms with E-state index >= 15 is 0 Å². The van der Waals surface area contributed by atoms with E-state index in [2.05, 4.69) is 4.98 Å². The fourth-order valence-electron chi connectivity index (χ4n) is 3.51.